The number of carbonyl (C=O) groups excluding carboxylic acids is 1. The number of likely N-dealkylation sites (tertiary alicyclic amines) is 1. The molecule has 1 fully saturated rings. The van der Waals surface area contributed by atoms with Gasteiger partial charge in [0.15, 0.2) is 0 Å². The van der Waals surface area contributed by atoms with E-state index in [1.54, 1.807) is 18.7 Å². The third-order valence-electron chi connectivity index (χ3n) is 4.28. The first-order chi connectivity index (χ1) is 9.25. The molecule has 1 saturated heterocycles. The number of carboxylic acid groups (broad SMARTS) is 1. The molecular formula is C15H28N2O3. The Balaban J connectivity index is 2.52. The van der Waals surface area contributed by atoms with E-state index in [9.17, 15) is 14.7 Å². The lowest BCUT2D eigenvalue weighted by Crippen LogP contribution is -2.50. The van der Waals surface area contributed by atoms with E-state index < -0.39 is 11.4 Å². The number of aliphatic carboxylic acids is 1. The highest BCUT2D eigenvalue weighted by atomic mass is 16.4. The van der Waals surface area contributed by atoms with Gasteiger partial charge in [-0.25, -0.2) is 4.79 Å². The fourth-order valence-electron chi connectivity index (χ4n) is 2.50. The topological polar surface area (TPSA) is 69.6 Å². The molecule has 5 heteroatoms. The number of piperidine rings is 1. The van der Waals surface area contributed by atoms with E-state index in [0.29, 0.717) is 19.0 Å². The fourth-order valence-corrected chi connectivity index (χ4v) is 2.50. The summed E-state index contributed by atoms with van der Waals surface area (Å²) in [6.45, 7) is 9.68. The van der Waals surface area contributed by atoms with Gasteiger partial charge in [-0.15, -0.1) is 0 Å². The molecule has 0 radical (unpaired) electrons. The van der Waals surface area contributed by atoms with Gasteiger partial charge >= 0.3 is 12.0 Å². The van der Waals surface area contributed by atoms with Crippen LogP contribution in [0, 0.1) is 17.3 Å². The Labute approximate surface area is 121 Å². The molecule has 0 bridgehead atoms. The van der Waals surface area contributed by atoms with E-state index in [2.05, 4.69) is 19.2 Å². The molecule has 116 valence electrons. The summed E-state index contributed by atoms with van der Waals surface area (Å²) < 4.78 is 0. The van der Waals surface area contributed by atoms with Crippen molar-refractivity contribution in [1.82, 2.24) is 10.2 Å². The minimum Gasteiger partial charge on any atom is -0.481 e. The maximum atomic E-state index is 12.1. The monoisotopic (exact) mass is 284 g/mol. The summed E-state index contributed by atoms with van der Waals surface area (Å²) in [6.07, 6.45) is 2.71. The predicted molar refractivity (Wildman–Crippen MR) is 78.6 cm³/mol. The molecule has 0 aromatic heterocycles. The highest BCUT2D eigenvalue weighted by Gasteiger charge is 2.39. The Morgan fingerprint density at radius 1 is 1.40 bits per heavy atom. The zero-order chi connectivity index (χ0) is 15.3. The van der Waals surface area contributed by atoms with Crippen molar-refractivity contribution in [2.75, 3.05) is 19.6 Å². The quantitative estimate of drug-likeness (QED) is 0.815. The SMILES string of the molecule is CC(C)CCNC(=O)N1CCCC(C(C)(C)C(=O)O)C1. The fraction of sp³-hybridized carbons (Fsp3) is 0.867. The van der Waals surface area contributed by atoms with E-state index in [0.717, 1.165) is 25.8 Å². The Kier molecular flexibility index (Phi) is 5.84. The molecule has 0 aliphatic carbocycles. The van der Waals surface area contributed by atoms with Crippen molar-refractivity contribution in [1.29, 1.82) is 0 Å². The van der Waals surface area contributed by atoms with Crippen LogP contribution in [0.2, 0.25) is 0 Å². The van der Waals surface area contributed by atoms with Gasteiger partial charge in [-0.3, -0.25) is 4.79 Å². The van der Waals surface area contributed by atoms with E-state index in [4.69, 9.17) is 0 Å². The van der Waals surface area contributed by atoms with E-state index in [1.807, 2.05) is 0 Å². The van der Waals surface area contributed by atoms with Gasteiger partial charge in [-0.05, 0) is 44.9 Å². The Hall–Kier alpha value is -1.26. The van der Waals surface area contributed by atoms with Crippen LogP contribution in [-0.2, 0) is 4.79 Å². The molecule has 0 aromatic rings. The van der Waals surface area contributed by atoms with Crippen molar-refractivity contribution in [2.45, 2.75) is 47.0 Å². The summed E-state index contributed by atoms with van der Waals surface area (Å²) in [6, 6.07) is -0.0588. The lowest BCUT2D eigenvalue weighted by Gasteiger charge is -2.39. The minimum atomic E-state index is -0.787. The first kappa shape index (κ1) is 16.8. The molecule has 0 saturated carbocycles. The van der Waals surface area contributed by atoms with Crippen LogP contribution >= 0.6 is 0 Å². The predicted octanol–water partition coefficient (Wildman–Crippen LogP) is 2.56. The second kappa shape index (κ2) is 6.95. The molecule has 0 aromatic carbocycles. The van der Waals surface area contributed by atoms with Gasteiger partial charge in [0.05, 0.1) is 5.41 Å². The average molecular weight is 284 g/mol. The summed E-state index contributed by atoms with van der Waals surface area (Å²) in [5, 5.41) is 12.2. The summed E-state index contributed by atoms with van der Waals surface area (Å²) >= 11 is 0. The Morgan fingerprint density at radius 2 is 2.05 bits per heavy atom. The third kappa shape index (κ3) is 4.39. The Morgan fingerprint density at radius 3 is 2.60 bits per heavy atom. The van der Waals surface area contributed by atoms with Crippen molar-refractivity contribution in [2.24, 2.45) is 17.3 Å². The molecule has 1 atom stereocenters. The minimum absolute atomic E-state index is 0.0181. The standard InChI is InChI=1S/C15H28N2O3/c1-11(2)7-8-16-14(20)17-9-5-6-12(10-17)15(3,4)13(18)19/h11-12H,5-10H2,1-4H3,(H,16,20)(H,18,19). The number of nitrogens with one attached hydrogen (secondary N) is 1. The highest BCUT2D eigenvalue weighted by molar-refractivity contribution is 5.76. The van der Waals surface area contributed by atoms with E-state index in [-0.39, 0.29) is 11.9 Å². The second-order valence-electron chi connectivity index (χ2n) is 6.73. The van der Waals surface area contributed by atoms with Gasteiger partial charge in [-0.1, -0.05) is 13.8 Å². The highest BCUT2D eigenvalue weighted by Crippen LogP contribution is 2.34. The molecule has 5 nitrogen and oxygen atoms in total. The number of hydrogen-bond donors (Lipinski definition) is 2. The molecular weight excluding hydrogens is 256 g/mol. The zero-order valence-electron chi connectivity index (χ0n) is 13.1. The second-order valence-corrected chi connectivity index (χ2v) is 6.73. The molecule has 1 aliphatic rings. The number of hydrogen-bond acceptors (Lipinski definition) is 2. The van der Waals surface area contributed by atoms with Gasteiger partial charge < -0.3 is 15.3 Å². The molecule has 2 N–H and O–H groups in total. The number of urea groups is 1. The van der Waals surface area contributed by atoms with Crippen molar-refractivity contribution in [3.63, 3.8) is 0 Å². The molecule has 1 heterocycles. The third-order valence-corrected chi connectivity index (χ3v) is 4.28. The number of nitrogens with zero attached hydrogens (tertiary/aromatic N) is 1. The lowest BCUT2D eigenvalue weighted by molar-refractivity contribution is -0.151. The number of rotatable bonds is 5. The van der Waals surface area contributed by atoms with E-state index in [1.165, 1.54) is 0 Å². The van der Waals surface area contributed by atoms with Crippen LogP contribution in [-0.4, -0.2) is 41.6 Å². The molecule has 0 spiro atoms. The summed E-state index contributed by atoms with van der Waals surface area (Å²) in [5.41, 5.74) is -0.781. The molecule has 1 unspecified atom stereocenters. The molecule has 1 rings (SSSR count). The summed E-state index contributed by atoms with van der Waals surface area (Å²) in [7, 11) is 0. The van der Waals surface area contributed by atoms with Crippen LogP contribution in [0.15, 0.2) is 0 Å². The maximum Gasteiger partial charge on any atom is 0.317 e. The van der Waals surface area contributed by atoms with Gasteiger partial charge in [0.1, 0.15) is 0 Å². The normalized spacial score (nSPS) is 20.1. The van der Waals surface area contributed by atoms with Crippen LogP contribution in [0.5, 0.6) is 0 Å². The zero-order valence-corrected chi connectivity index (χ0v) is 13.1. The van der Waals surface area contributed by atoms with Crippen LogP contribution < -0.4 is 5.32 Å². The molecule has 20 heavy (non-hydrogen) atoms. The van der Waals surface area contributed by atoms with Crippen molar-refractivity contribution < 1.29 is 14.7 Å². The van der Waals surface area contributed by atoms with Crippen LogP contribution in [0.4, 0.5) is 4.79 Å². The van der Waals surface area contributed by atoms with Crippen molar-refractivity contribution in [3.8, 4) is 0 Å². The van der Waals surface area contributed by atoms with E-state index >= 15 is 0 Å². The smallest absolute Gasteiger partial charge is 0.317 e. The van der Waals surface area contributed by atoms with Crippen molar-refractivity contribution in [3.05, 3.63) is 0 Å². The summed E-state index contributed by atoms with van der Waals surface area (Å²) in [4.78, 5) is 25.2. The van der Waals surface area contributed by atoms with Crippen LogP contribution in [0.1, 0.15) is 47.0 Å². The number of carboxylic acids is 1. The average Bonchev–Trinajstić information content (AvgIpc) is 2.38. The molecule has 1 aliphatic heterocycles. The van der Waals surface area contributed by atoms with Gasteiger partial charge in [0.2, 0.25) is 0 Å². The van der Waals surface area contributed by atoms with Crippen LogP contribution in [0.3, 0.4) is 0 Å². The first-order valence-electron chi connectivity index (χ1n) is 7.51. The first-order valence-corrected chi connectivity index (χ1v) is 7.51. The number of amides is 2. The van der Waals surface area contributed by atoms with Gasteiger partial charge in [-0.2, -0.15) is 0 Å². The summed E-state index contributed by atoms with van der Waals surface area (Å²) in [5.74, 6) is -0.204. The Bertz CT molecular complexity index is 353. The van der Waals surface area contributed by atoms with Gasteiger partial charge in [0, 0.05) is 19.6 Å². The molecule has 2 amide bonds. The van der Waals surface area contributed by atoms with Crippen LogP contribution in [0.25, 0.3) is 0 Å². The lowest BCUT2D eigenvalue weighted by atomic mass is 9.74. The largest absolute Gasteiger partial charge is 0.481 e. The number of carbonyl (C=O) groups is 2. The van der Waals surface area contributed by atoms with Gasteiger partial charge in [0.25, 0.3) is 0 Å². The maximum absolute atomic E-state index is 12.1. The van der Waals surface area contributed by atoms with Crippen molar-refractivity contribution >= 4 is 12.0 Å².